The van der Waals surface area contributed by atoms with Gasteiger partial charge in [-0.05, 0) is 68.6 Å². The first-order valence-corrected chi connectivity index (χ1v) is 13.8. The zero-order valence-corrected chi connectivity index (χ0v) is 21.5. The maximum atomic E-state index is 12.1. The van der Waals surface area contributed by atoms with Crippen molar-refractivity contribution in [2.45, 2.75) is 116 Å². The minimum absolute atomic E-state index is 0.00918. The van der Waals surface area contributed by atoms with Crippen LogP contribution in [-0.2, 0) is 28.5 Å². The lowest BCUT2D eigenvalue weighted by Crippen LogP contribution is -2.36. The van der Waals surface area contributed by atoms with Gasteiger partial charge in [0.1, 0.15) is 6.10 Å². The molecule has 0 aromatic carbocycles. The van der Waals surface area contributed by atoms with E-state index >= 15 is 0 Å². The summed E-state index contributed by atoms with van der Waals surface area (Å²) in [5.41, 5.74) is 0.00918. The number of carbonyl (C=O) groups is 1. The summed E-state index contributed by atoms with van der Waals surface area (Å²) in [6, 6.07) is 0. The third-order valence-electron chi connectivity index (χ3n) is 8.26. The molecule has 1 saturated carbocycles. The van der Waals surface area contributed by atoms with E-state index in [0.717, 1.165) is 64.6 Å². The number of esters is 1. The molecule has 0 amide bonds. The summed E-state index contributed by atoms with van der Waals surface area (Å²) in [6.45, 7) is 9.08. The number of hydrogen-bond donors (Lipinski definition) is 0. The fraction of sp³-hybridized carbons (Fsp3) is 0.893. The van der Waals surface area contributed by atoms with Crippen molar-refractivity contribution in [1.29, 1.82) is 0 Å². The highest BCUT2D eigenvalue weighted by atomic mass is 16.7. The zero-order chi connectivity index (χ0) is 24.0. The summed E-state index contributed by atoms with van der Waals surface area (Å²) in [7, 11) is 0. The largest absolute Gasteiger partial charge is 0.462 e. The van der Waals surface area contributed by atoms with Gasteiger partial charge in [0.2, 0.25) is 0 Å². The second kappa shape index (κ2) is 12.3. The SMILES string of the molecule is CCCCC(C)(C)C(/C=C/C1C(COC2CCCCO2)CC2OC(=O)CC21)OC1CCCCO1. The van der Waals surface area contributed by atoms with Crippen LogP contribution in [0.15, 0.2) is 12.2 Å². The molecule has 6 heteroatoms. The van der Waals surface area contributed by atoms with E-state index in [-0.39, 0.29) is 48.0 Å². The molecule has 0 aromatic heterocycles. The van der Waals surface area contributed by atoms with Gasteiger partial charge in [-0.2, -0.15) is 0 Å². The van der Waals surface area contributed by atoms with Gasteiger partial charge in [-0.25, -0.2) is 0 Å². The molecular formula is C28H46O6. The molecular weight excluding hydrogens is 432 g/mol. The van der Waals surface area contributed by atoms with Crippen LogP contribution in [0.2, 0.25) is 0 Å². The van der Waals surface area contributed by atoms with Gasteiger partial charge in [0, 0.05) is 19.1 Å². The third-order valence-corrected chi connectivity index (χ3v) is 8.26. The third kappa shape index (κ3) is 6.83. The van der Waals surface area contributed by atoms with E-state index in [0.29, 0.717) is 18.9 Å². The van der Waals surface area contributed by atoms with Crippen molar-refractivity contribution in [1.82, 2.24) is 0 Å². The first-order chi connectivity index (χ1) is 16.5. The van der Waals surface area contributed by atoms with Crippen LogP contribution in [0, 0.1) is 23.2 Å². The number of fused-ring (bicyclic) bond motifs is 1. The Labute approximate surface area is 206 Å². The van der Waals surface area contributed by atoms with Crippen LogP contribution in [0.5, 0.6) is 0 Å². The van der Waals surface area contributed by atoms with Gasteiger partial charge in [0.25, 0.3) is 0 Å². The molecule has 4 fully saturated rings. The van der Waals surface area contributed by atoms with Crippen LogP contribution >= 0.6 is 0 Å². The van der Waals surface area contributed by atoms with Crippen LogP contribution in [0.1, 0.15) is 91.4 Å². The van der Waals surface area contributed by atoms with Crippen LogP contribution in [0.3, 0.4) is 0 Å². The highest BCUT2D eigenvalue weighted by Gasteiger charge is 2.49. The Kier molecular flexibility index (Phi) is 9.48. The monoisotopic (exact) mass is 478 g/mol. The summed E-state index contributed by atoms with van der Waals surface area (Å²) >= 11 is 0. The van der Waals surface area contributed by atoms with Gasteiger partial charge in [0.05, 0.1) is 19.1 Å². The molecule has 0 N–H and O–H groups in total. The number of ether oxygens (including phenoxy) is 5. The first kappa shape index (κ1) is 26.1. The Morgan fingerprint density at radius 2 is 1.82 bits per heavy atom. The van der Waals surface area contributed by atoms with Crippen molar-refractivity contribution in [3.8, 4) is 0 Å². The van der Waals surface area contributed by atoms with E-state index in [9.17, 15) is 4.79 Å². The lowest BCUT2D eigenvalue weighted by molar-refractivity contribution is -0.197. The lowest BCUT2D eigenvalue weighted by atomic mass is 9.79. The Hall–Kier alpha value is -0.950. The fourth-order valence-electron chi connectivity index (χ4n) is 6.07. The second-order valence-electron chi connectivity index (χ2n) is 11.4. The molecule has 0 radical (unpaired) electrons. The van der Waals surface area contributed by atoms with Gasteiger partial charge < -0.3 is 23.7 Å². The van der Waals surface area contributed by atoms with Crippen LogP contribution in [0.4, 0.5) is 0 Å². The lowest BCUT2D eigenvalue weighted by Gasteiger charge is -2.36. The number of rotatable bonds is 11. The molecule has 4 aliphatic rings. The average Bonchev–Trinajstić information content (AvgIpc) is 3.36. The van der Waals surface area contributed by atoms with Crippen LogP contribution < -0.4 is 0 Å². The molecule has 7 unspecified atom stereocenters. The Balaban J connectivity index is 1.46. The van der Waals surface area contributed by atoms with Gasteiger partial charge in [-0.1, -0.05) is 45.8 Å². The van der Waals surface area contributed by atoms with E-state index in [4.69, 9.17) is 23.7 Å². The van der Waals surface area contributed by atoms with Crippen molar-refractivity contribution in [2.75, 3.05) is 19.8 Å². The molecule has 3 aliphatic heterocycles. The molecule has 6 nitrogen and oxygen atoms in total. The fourth-order valence-corrected chi connectivity index (χ4v) is 6.07. The maximum Gasteiger partial charge on any atom is 0.306 e. The molecule has 194 valence electrons. The Morgan fingerprint density at radius 1 is 1.09 bits per heavy atom. The van der Waals surface area contributed by atoms with Crippen LogP contribution in [-0.4, -0.2) is 50.6 Å². The first-order valence-electron chi connectivity index (χ1n) is 13.8. The maximum absolute atomic E-state index is 12.1. The average molecular weight is 479 g/mol. The molecule has 0 aromatic rings. The normalized spacial score (nSPS) is 35.4. The molecule has 3 saturated heterocycles. The summed E-state index contributed by atoms with van der Waals surface area (Å²) in [6.07, 6.45) is 15.7. The summed E-state index contributed by atoms with van der Waals surface area (Å²) in [5.74, 6) is 0.751. The topological polar surface area (TPSA) is 63.2 Å². The Morgan fingerprint density at radius 3 is 2.50 bits per heavy atom. The molecule has 34 heavy (non-hydrogen) atoms. The molecule has 7 atom stereocenters. The minimum atomic E-state index is -0.125. The van der Waals surface area contributed by atoms with Crippen molar-refractivity contribution < 1.29 is 28.5 Å². The minimum Gasteiger partial charge on any atom is -0.462 e. The quantitative estimate of drug-likeness (QED) is 0.277. The van der Waals surface area contributed by atoms with E-state index in [1.54, 1.807) is 0 Å². The van der Waals surface area contributed by atoms with Crippen molar-refractivity contribution in [3.63, 3.8) is 0 Å². The predicted molar refractivity (Wildman–Crippen MR) is 130 cm³/mol. The standard InChI is InChI=1S/C28H46O6/c1-4-5-14-28(2,3)24(34-27-11-7-9-16-31-27)13-12-21-20(17-23-22(21)18-25(29)33-23)19-32-26-10-6-8-15-30-26/h12-13,20-24,26-27H,4-11,14-19H2,1-3H3/b13-12+. The molecule has 0 spiro atoms. The number of carbonyl (C=O) groups excluding carboxylic acids is 1. The second-order valence-corrected chi connectivity index (χ2v) is 11.4. The zero-order valence-electron chi connectivity index (χ0n) is 21.5. The summed E-state index contributed by atoms with van der Waals surface area (Å²) in [4.78, 5) is 12.1. The molecule has 1 aliphatic carbocycles. The number of hydrogen-bond acceptors (Lipinski definition) is 6. The van der Waals surface area contributed by atoms with Gasteiger partial charge in [0.15, 0.2) is 12.6 Å². The van der Waals surface area contributed by atoms with E-state index < -0.39 is 0 Å². The summed E-state index contributed by atoms with van der Waals surface area (Å²) < 4.78 is 30.2. The smallest absolute Gasteiger partial charge is 0.306 e. The highest BCUT2D eigenvalue weighted by molar-refractivity contribution is 5.72. The molecule has 3 heterocycles. The molecule has 4 rings (SSSR count). The highest BCUT2D eigenvalue weighted by Crippen LogP contribution is 2.46. The predicted octanol–water partition coefficient (Wildman–Crippen LogP) is 5.78. The van der Waals surface area contributed by atoms with Crippen molar-refractivity contribution in [2.24, 2.45) is 23.2 Å². The van der Waals surface area contributed by atoms with Gasteiger partial charge >= 0.3 is 5.97 Å². The van der Waals surface area contributed by atoms with Gasteiger partial charge in [-0.15, -0.1) is 0 Å². The van der Waals surface area contributed by atoms with E-state index in [1.165, 1.54) is 12.8 Å². The molecule has 0 bridgehead atoms. The number of unbranched alkanes of at least 4 members (excludes halogenated alkanes) is 1. The number of allylic oxidation sites excluding steroid dienone is 1. The van der Waals surface area contributed by atoms with Crippen molar-refractivity contribution >= 4 is 5.97 Å². The van der Waals surface area contributed by atoms with E-state index in [2.05, 4.69) is 32.9 Å². The van der Waals surface area contributed by atoms with Crippen LogP contribution in [0.25, 0.3) is 0 Å². The van der Waals surface area contributed by atoms with Gasteiger partial charge in [-0.3, -0.25) is 4.79 Å². The Bertz CT molecular complexity index is 664. The van der Waals surface area contributed by atoms with Crippen molar-refractivity contribution in [3.05, 3.63) is 12.2 Å². The summed E-state index contributed by atoms with van der Waals surface area (Å²) in [5, 5.41) is 0. The van der Waals surface area contributed by atoms with E-state index in [1.807, 2.05) is 0 Å².